The van der Waals surface area contributed by atoms with Gasteiger partial charge in [-0.05, 0) is 86.1 Å². The first-order valence-corrected chi connectivity index (χ1v) is 11.0. The molecule has 0 bridgehead atoms. The van der Waals surface area contributed by atoms with E-state index < -0.39 is 5.97 Å². The van der Waals surface area contributed by atoms with Crippen molar-refractivity contribution in [1.82, 2.24) is 0 Å². The van der Waals surface area contributed by atoms with E-state index in [1.54, 1.807) is 30.5 Å². The molecule has 0 saturated heterocycles. The van der Waals surface area contributed by atoms with Crippen molar-refractivity contribution in [1.29, 1.82) is 0 Å². The van der Waals surface area contributed by atoms with Crippen molar-refractivity contribution < 1.29 is 19.0 Å². The average molecular weight is 452 g/mol. The lowest BCUT2D eigenvalue weighted by Crippen LogP contribution is -2.09. The van der Waals surface area contributed by atoms with Gasteiger partial charge in [0.05, 0.1) is 17.9 Å². The topological polar surface area (TPSA) is 57.1 Å². The number of aliphatic imine (C=N–C) groups is 1. The van der Waals surface area contributed by atoms with Crippen LogP contribution in [0.5, 0.6) is 23.0 Å². The Morgan fingerprint density at radius 1 is 0.824 bits per heavy atom. The fraction of sp³-hybridized carbons (Fsp3) is 0.103. The Bertz CT molecular complexity index is 1260. The van der Waals surface area contributed by atoms with Gasteiger partial charge in [-0.1, -0.05) is 35.9 Å². The molecule has 34 heavy (non-hydrogen) atoms. The summed E-state index contributed by atoms with van der Waals surface area (Å²) in [5, 5.41) is 0. The van der Waals surface area contributed by atoms with Gasteiger partial charge in [0.1, 0.15) is 11.5 Å². The van der Waals surface area contributed by atoms with Gasteiger partial charge in [-0.15, -0.1) is 0 Å². The van der Waals surface area contributed by atoms with Crippen LogP contribution >= 0.6 is 0 Å². The third-order valence-electron chi connectivity index (χ3n) is 4.94. The van der Waals surface area contributed by atoms with Gasteiger partial charge in [0.2, 0.25) is 0 Å². The molecule has 170 valence electrons. The highest BCUT2D eigenvalue weighted by Gasteiger charge is 2.13. The molecule has 4 aromatic carbocycles. The van der Waals surface area contributed by atoms with Crippen molar-refractivity contribution in [2.75, 3.05) is 6.61 Å². The molecular formula is C29H25NO4. The molecule has 0 spiro atoms. The van der Waals surface area contributed by atoms with Crippen LogP contribution < -0.4 is 14.2 Å². The number of benzene rings is 4. The van der Waals surface area contributed by atoms with Crippen molar-refractivity contribution in [2.45, 2.75) is 13.8 Å². The van der Waals surface area contributed by atoms with Crippen molar-refractivity contribution >= 4 is 17.9 Å². The number of rotatable bonds is 8. The van der Waals surface area contributed by atoms with Crippen LogP contribution in [-0.4, -0.2) is 18.8 Å². The molecule has 0 aliphatic heterocycles. The second kappa shape index (κ2) is 11.0. The van der Waals surface area contributed by atoms with E-state index in [-0.39, 0.29) is 0 Å². The highest BCUT2D eigenvalue weighted by Crippen LogP contribution is 2.29. The highest BCUT2D eigenvalue weighted by atomic mass is 16.6. The normalized spacial score (nSPS) is 10.8. The van der Waals surface area contributed by atoms with Crippen molar-refractivity contribution in [3.8, 4) is 23.0 Å². The van der Waals surface area contributed by atoms with E-state index in [1.807, 2.05) is 86.6 Å². The zero-order valence-corrected chi connectivity index (χ0v) is 19.1. The van der Waals surface area contributed by atoms with Crippen molar-refractivity contribution in [3.63, 3.8) is 0 Å². The van der Waals surface area contributed by atoms with Crippen molar-refractivity contribution in [3.05, 3.63) is 114 Å². The maximum absolute atomic E-state index is 12.5. The fourth-order valence-electron chi connectivity index (χ4n) is 3.18. The SMILES string of the molecule is CCOc1cc(C=Nc2ccc(Oc3ccccc3)cc2)ccc1OC(=O)c1ccc(C)cc1. The Kier molecular flexibility index (Phi) is 7.35. The Morgan fingerprint density at radius 3 is 2.24 bits per heavy atom. The predicted molar refractivity (Wildman–Crippen MR) is 134 cm³/mol. The molecular weight excluding hydrogens is 426 g/mol. The fourth-order valence-corrected chi connectivity index (χ4v) is 3.18. The summed E-state index contributed by atoms with van der Waals surface area (Å²) in [7, 11) is 0. The molecule has 0 unspecified atom stereocenters. The smallest absolute Gasteiger partial charge is 0.343 e. The first-order chi connectivity index (χ1) is 16.6. The second-order valence-electron chi connectivity index (χ2n) is 7.56. The standard InChI is InChI=1S/C29H25NO4/c1-3-32-28-19-22(11-18-27(28)34-29(31)23-12-9-21(2)10-13-23)20-30-24-14-16-26(17-15-24)33-25-7-5-4-6-8-25/h4-20H,3H2,1-2H3. The number of nitrogens with zero attached hydrogens (tertiary/aromatic N) is 1. The number of ether oxygens (including phenoxy) is 3. The summed E-state index contributed by atoms with van der Waals surface area (Å²) in [6.45, 7) is 4.29. The van der Waals surface area contributed by atoms with Crippen LogP contribution in [0.15, 0.2) is 102 Å². The summed E-state index contributed by atoms with van der Waals surface area (Å²) in [4.78, 5) is 17.0. The maximum atomic E-state index is 12.5. The molecule has 5 nitrogen and oxygen atoms in total. The van der Waals surface area contributed by atoms with Gasteiger partial charge in [0.15, 0.2) is 11.5 Å². The minimum Gasteiger partial charge on any atom is -0.490 e. The zero-order chi connectivity index (χ0) is 23.8. The third-order valence-corrected chi connectivity index (χ3v) is 4.94. The van der Waals surface area contributed by atoms with Crippen LogP contribution in [0.1, 0.15) is 28.4 Å². The van der Waals surface area contributed by atoms with Crippen LogP contribution in [0.4, 0.5) is 5.69 Å². The molecule has 0 aliphatic rings. The first-order valence-electron chi connectivity index (χ1n) is 11.0. The number of para-hydroxylation sites is 1. The summed E-state index contributed by atoms with van der Waals surface area (Å²) in [6.07, 6.45) is 1.74. The average Bonchev–Trinajstić information content (AvgIpc) is 2.86. The lowest BCUT2D eigenvalue weighted by molar-refractivity contribution is 0.0728. The molecule has 0 heterocycles. The number of carbonyl (C=O) groups excluding carboxylic acids is 1. The minimum atomic E-state index is -0.430. The zero-order valence-electron chi connectivity index (χ0n) is 19.1. The van der Waals surface area contributed by atoms with Crippen LogP contribution in [0.25, 0.3) is 0 Å². The largest absolute Gasteiger partial charge is 0.490 e. The summed E-state index contributed by atoms with van der Waals surface area (Å²) in [5.41, 5.74) is 3.17. The Morgan fingerprint density at radius 2 is 1.53 bits per heavy atom. The van der Waals surface area contributed by atoms with E-state index in [0.717, 1.165) is 28.3 Å². The molecule has 0 N–H and O–H groups in total. The molecule has 0 aliphatic carbocycles. The van der Waals surface area contributed by atoms with E-state index in [9.17, 15) is 4.79 Å². The van der Waals surface area contributed by atoms with E-state index in [1.165, 1.54) is 0 Å². The van der Waals surface area contributed by atoms with Crippen LogP contribution in [0.3, 0.4) is 0 Å². The molecule has 5 heteroatoms. The van der Waals surface area contributed by atoms with Gasteiger partial charge in [-0.25, -0.2) is 4.79 Å². The molecule has 0 saturated carbocycles. The van der Waals surface area contributed by atoms with Crippen molar-refractivity contribution in [2.24, 2.45) is 4.99 Å². The predicted octanol–water partition coefficient (Wildman–Crippen LogP) is 7.16. The first kappa shape index (κ1) is 22.8. The molecule has 0 aromatic heterocycles. The number of esters is 1. The number of hydrogen-bond acceptors (Lipinski definition) is 5. The summed E-state index contributed by atoms with van der Waals surface area (Å²) in [5.74, 6) is 1.94. The molecule has 0 atom stereocenters. The summed E-state index contributed by atoms with van der Waals surface area (Å²) >= 11 is 0. The number of aryl methyl sites for hydroxylation is 1. The Labute approximate surface area is 199 Å². The van der Waals surface area contributed by atoms with Gasteiger partial charge < -0.3 is 14.2 Å². The van der Waals surface area contributed by atoms with E-state index in [0.29, 0.717) is 23.7 Å². The minimum absolute atomic E-state index is 0.368. The maximum Gasteiger partial charge on any atom is 0.343 e. The Balaban J connectivity index is 1.45. The Hall–Kier alpha value is -4.38. The van der Waals surface area contributed by atoms with Gasteiger partial charge >= 0.3 is 5.97 Å². The molecule has 0 fully saturated rings. The van der Waals surface area contributed by atoms with Gasteiger partial charge in [-0.3, -0.25) is 4.99 Å². The number of carbonyl (C=O) groups is 1. The summed E-state index contributed by atoms with van der Waals surface area (Å²) in [6, 6.07) is 29.7. The van der Waals surface area contributed by atoms with Gasteiger partial charge in [0.25, 0.3) is 0 Å². The van der Waals surface area contributed by atoms with E-state index in [4.69, 9.17) is 14.2 Å². The lowest BCUT2D eigenvalue weighted by atomic mass is 10.1. The van der Waals surface area contributed by atoms with E-state index >= 15 is 0 Å². The molecule has 4 rings (SSSR count). The monoisotopic (exact) mass is 451 g/mol. The quantitative estimate of drug-likeness (QED) is 0.162. The van der Waals surface area contributed by atoms with Gasteiger partial charge in [-0.2, -0.15) is 0 Å². The van der Waals surface area contributed by atoms with E-state index in [2.05, 4.69) is 4.99 Å². The van der Waals surface area contributed by atoms with Crippen LogP contribution in [0, 0.1) is 6.92 Å². The van der Waals surface area contributed by atoms with Gasteiger partial charge in [0, 0.05) is 6.21 Å². The molecule has 0 radical (unpaired) electrons. The number of hydrogen-bond donors (Lipinski definition) is 0. The third kappa shape index (κ3) is 6.11. The molecule has 4 aromatic rings. The second-order valence-corrected chi connectivity index (χ2v) is 7.56. The summed E-state index contributed by atoms with van der Waals surface area (Å²) < 4.78 is 17.1. The van der Waals surface area contributed by atoms with Crippen LogP contribution in [0.2, 0.25) is 0 Å². The lowest BCUT2D eigenvalue weighted by Gasteiger charge is -2.11. The van der Waals surface area contributed by atoms with Crippen LogP contribution in [-0.2, 0) is 0 Å². The molecule has 0 amide bonds. The highest BCUT2D eigenvalue weighted by molar-refractivity contribution is 5.91.